The highest BCUT2D eigenvalue weighted by molar-refractivity contribution is 8.00. The number of fused-ring (bicyclic) bond motifs is 1. The molecular weight excluding hydrogens is 196 g/mol. The second kappa shape index (κ2) is 4.02. The maximum Gasteiger partial charge on any atom is 0.234 e. The molecule has 1 aliphatic heterocycles. The van der Waals surface area contributed by atoms with Crippen molar-refractivity contribution in [1.29, 1.82) is 0 Å². The fourth-order valence-electron chi connectivity index (χ4n) is 1.44. The molecule has 0 bridgehead atoms. The van der Waals surface area contributed by atoms with Crippen molar-refractivity contribution in [2.45, 2.75) is 11.4 Å². The Labute approximate surface area is 87.3 Å². The van der Waals surface area contributed by atoms with Gasteiger partial charge in [-0.2, -0.15) is 0 Å². The smallest absolute Gasteiger partial charge is 0.234 e. The first-order valence-corrected chi connectivity index (χ1v) is 5.48. The van der Waals surface area contributed by atoms with Crippen LogP contribution in [-0.2, 0) is 11.3 Å². The summed E-state index contributed by atoms with van der Waals surface area (Å²) in [6.45, 7) is 0.827. The summed E-state index contributed by atoms with van der Waals surface area (Å²) < 4.78 is 0. The second-order valence-corrected chi connectivity index (χ2v) is 4.21. The Morgan fingerprint density at radius 1 is 1.57 bits per heavy atom. The molecule has 14 heavy (non-hydrogen) atoms. The van der Waals surface area contributed by atoms with Crippen LogP contribution >= 0.6 is 11.8 Å². The maximum atomic E-state index is 11.1. The molecule has 0 atom stereocenters. The Morgan fingerprint density at radius 3 is 3.21 bits per heavy atom. The van der Waals surface area contributed by atoms with E-state index in [0.29, 0.717) is 5.75 Å². The zero-order valence-electron chi connectivity index (χ0n) is 7.96. The molecule has 1 aromatic carbocycles. The third-order valence-corrected chi connectivity index (χ3v) is 3.13. The SMILES string of the molecule is CNCc1ccc2c(c1)NC(=O)CS2. The van der Waals surface area contributed by atoms with E-state index < -0.39 is 0 Å². The molecule has 0 spiro atoms. The highest BCUT2D eigenvalue weighted by Gasteiger charge is 2.14. The lowest BCUT2D eigenvalue weighted by molar-refractivity contribution is -0.113. The van der Waals surface area contributed by atoms with Gasteiger partial charge in [0.05, 0.1) is 11.4 Å². The summed E-state index contributed by atoms with van der Waals surface area (Å²) in [7, 11) is 1.91. The lowest BCUT2D eigenvalue weighted by atomic mass is 10.2. The second-order valence-electron chi connectivity index (χ2n) is 3.20. The quantitative estimate of drug-likeness (QED) is 0.773. The molecule has 1 aromatic rings. The summed E-state index contributed by atoms with van der Waals surface area (Å²) in [4.78, 5) is 12.3. The molecule has 0 unspecified atom stereocenters. The van der Waals surface area contributed by atoms with Gasteiger partial charge in [-0.15, -0.1) is 11.8 Å². The average Bonchev–Trinajstić information content (AvgIpc) is 2.17. The monoisotopic (exact) mass is 208 g/mol. The van der Waals surface area contributed by atoms with Gasteiger partial charge in [0.15, 0.2) is 0 Å². The van der Waals surface area contributed by atoms with Crippen LogP contribution in [-0.4, -0.2) is 18.7 Å². The van der Waals surface area contributed by atoms with E-state index in [1.165, 1.54) is 5.56 Å². The number of anilines is 1. The predicted octanol–water partition coefficient (Wildman–Crippen LogP) is 1.45. The number of hydrogen-bond acceptors (Lipinski definition) is 3. The number of rotatable bonds is 2. The van der Waals surface area contributed by atoms with E-state index in [1.807, 2.05) is 13.1 Å². The molecule has 0 fully saturated rings. The molecule has 0 aromatic heterocycles. The van der Waals surface area contributed by atoms with Gasteiger partial charge in [-0.05, 0) is 24.7 Å². The number of carbonyl (C=O) groups is 1. The summed E-state index contributed by atoms with van der Waals surface area (Å²) >= 11 is 1.59. The highest BCUT2D eigenvalue weighted by atomic mass is 32.2. The largest absolute Gasteiger partial charge is 0.324 e. The van der Waals surface area contributed by atoms with Gasteiger partial charge in [-0.3, -0.25) is 4.79 Å². The van der Waals surface area contributed by atoms with Crippen molar-refractivity contribution < 1.29 is 4.79 Å². The first-order valence-electron chi connectivity index (χ1n) is 4.50. The molecule has 0 aliphatic carbocycles. The topological polar surface area (TPSA) is 41.1 Å². The van der Waals surface area contributed by atoms with Crippen LogP contribution < -0.4 is 10.6 Å². The number of carbonyl (C=O) groups excluding carboxylic acids is 1. The van der Waals surface area contributed by atoms with Crippen molar-refractivity contribution >= 4 is 23.4 Å². The number of hydrogen-bond donors (Lipinski definition) is 2. The number of nitrogens with one attached hydrogen (secondary N) is 2. The van der Waals surface area contributed by atoms with Crippen molar-refractivity contribution in [3.63, 3.8) is 0 Å². The zero-order chi connectivity index (χ0) is 9.97. The number of amides is 1. The fourth-order valence-corrected chi connectivity index (χ4v) is 2.23. The molecule has 1 heterocycles. The normalized spacial score (nSPS) is 14.8. The minimum absolute atomic E-state index is 0.0871. The van der Waals surface area contributed by atoms with Gasteiger partial charge in [0.25, 0.3) is 0 Å². The Bertz CT molecular complexity index is 365. The van der Waals surface area contributed by atoms with Gasteiger partial charge < -0.3 is 10.6 Å². The fraction of sp³-hybridized carbons (Fsp3) is 0.300. The van der Waals surface area contributed by atoms with E-state index in [9.17, 15) is 4.79 Å². The minimum atomic E-state index is 0.0871. The van der Waals surface area contributed by atoms with E-state index in [0.717, 1.165) is 17.1 Å². The van der Waals surface area contributed by atoms with Gasteiger partial charge in [-0.25, -0.2) is 0 Å². The van der Waals surface area contributed by atoms with Crippen molar-refractivity contribution in [2.24, 2.45) is 0 Å². The van der Waals surface area contributed by atoms with Crippen LogP contribution in [0, 0.1) is 0 Å². The van der Waals surface area contributed by atoms with E-state index in [-0.39, 0.29) is 5.91 Å². The molecule has 2 rings (SSSR count). The molecule has 3 nitrogen and oxygen atoms in total. The summed E-state index contributed by atoms with van der Waals surface area (Å²) in [6, 6.07) is 6.17. The van der Waals surface area contributed by atoms with Gasteiger partial charge in [0.1, 0.15) is 0 Å². The highest BCUT2D eigenvalue weighted by Crippen LogP contribution is 2.31. The zero-order valence-corrected chi connectivity index (χ0v) is 8.78. The van der Waals surface area contributed by atoms with Crippen LogP contribution in [0.25, 0.3) is 0 Å². The summed E-state index contributed by atoms with van der Waals surface area (Å²) in [5.74, 6) is 0.613. The lowest BCUT2D eigenvalue weighted by Gasteiger charge is -2.16. The van der Waals surface area contributed by atoms with Crippen LogP contribution in [0.2, 0.25) is 0 Å². The standard InChI is InChI=1S/C10H12N2OS/c1-11-5-7-2-3-9-8(4-7)12-10(13)6-14-9/h2-4,11H,5-6H2,1H3,(H,12,13). The number of thioether (sulfide) groups is 1. The van der Waals surface area contributed by atoms with Gasteiger partial charge >= 0.3 is 0 Å². The molecule has 74 valence electrons. The molecule has 0 saturated carbocycles. The van der Waals surface area contributed by atoms with Gasteiger partial charge in [0.2, 0.25) is 5.91 Å². The first-order chi connectivity index (χ1) is 6.79. The Hall–Kier alpha value is -1.000. The summed E-state index contributed by atoms with van der Waals surface area (Å²) in [5, 5.41) is 5.95. The van der Waals surface area contributed by atoms with Crippen LogP contribution in [0.3, 0.4) is 0 Å². The lowest BCUT2D eigenvalue weighted by Crippen LogP contribution is -2.19. The van der Waals surface area contributed by atoms with Gasteiger partial charge in [0, 0.05) is 11.4 Å². The summed E-state index contributed by atoms with van der Waals surface area (Å²) in [6.07, 6.45) is 0. The van der Waals surface area contributed by atoms with Crippen molar-refractivity contribution in [1.82, 2.24) is 5.32 Å². The van der Waals surface area contributed by atoms with Crippen molar-refractivity contribution in [3.05, 3.63) is 23.8 Å². The predicted molar refractivity (Wildman–Crippen MR) is 58.6 cm³/mol. The van der Waals surface area contributed by atoms with E-state index >= 15 is 0 Å². The van der Waals surface area contributed by atoms with Crippen LogP contribution in [0.15, 0.2) is 23.1 Å². The van der Waals surface area contributed by atoms with Crippen LogP contribution in [0.5, 0.6) is 0 Å². The molecule has 1 amide bonds. The molecule has 0 saturated heterocycles. The van der Waals surface area contributed by atoms with Gasteiger partial charge in [-0.1, -0.05) is 6.07 Å². The average molecular weight is 208 g/mol. The van der Waals surface area contributed by atoms with E-state index in [1.54, 1.807) is 11.8 Å². The molecule has 0 radical (unpaired) electrons. The van der Waals surface area contributed by atoms with Crippen LogP contribution in [0.4, 0.5) is 5.69 Å². The Balaban J connectivity index is 2.28. The van der Waals surface area contributed by atoms with E-state index in [2.05, 4.69) is 22.8 Å². The molecule has 1 aliphatic rings. The molecule has 4 heteroatoms. The minimum Gasteiger partial charge on any atom is -0.324 e. The van der Waals surface area contributed by atoms with Crippen LogP contribution in [0.1, 0.15) is 5.56 Å². The molecular formula is C10H12N2OS. The van der Waals surface area contributed by atoms with Crippen molar-refractivity contribution in [3.8, 4) is 0 Å². The number of benzene rings is 1. The Kier molecular flexibility index (Phi) is 2.74. The maximum absolute atomic E-state index is 11.1. The third-order valence-electron chi connectivity index (χ3n) is 2.06. The van der Waals surface area contributed by atoms with E-state index in [4.69, 9.17) is 0 Å². The first kappa shape index (κ1) is 9.55. The summed E-state index contributed by atoms with van der Waals surface area (Å²) in [5.41, 5.74) is 2.13. The Morgan fingerprint density at radius 2 is 2.43 bits per heavy atom. The van der Waals surface area contributed by atoms with Crippen molar-refractivity contribution in [2.75, 3.05) is 18.1 Å². The third kappa shape index (κ3) is 1.91. The molecule has 2 N–H and O–H groups in total.